The zero-order chi connectivity index (χ0) is 10.1. The van der Waals surface area contributed by atoms with Crippen LogP contribution in [0.15, 0.2) is 24.3 Å². The second-order valence-electron chi connectivity index (χ2n) is 3.01. The molecule has 1 aliphatic rings. The number of hydrogen-bond donors (Lipinski definition) is 0. The van der Waals surface area contributed by atoms with E-state index >= 15 is 0 Å². The molecule has 0 bridgehead atoms. The first kappa shape index (κ1) is 8.83. The summed E-state index contributed by atoms with van der Waals surface area (Å²) in [5.74, 6) is 0. The maximum absolute atomic E-state index is 10.3. The van der Waals surface area contributed by atoms with Crippen molar-refractivity contribution in [1.82, 2.24) is 0 Å². The van der Waals surface area contributed by atoms with Gasteiger partial charge in [0.2, 0.25) is 0 Å². The molecule has 5 heteroatoms. The summed E-state index contributed by atoms with van der Waals surface area (Å²) in [4.78, 5) is 20.2. The maximum Gasteiger partial charge on any atom is 0.269 e. The van der Waals surface area contributed by atoms with Gasteiger partial charge in [0.05, 0.1) is 4.92 Å². The van der Waals surface area contributed by atoms with Crippen molar-refractivity contribution in [2.75, 3.05) is 0 Å². The number of benzene rings is 1. The number of ether oxygens (including phenoxy) is 1. The summed E-state index contributed by atoms with van der Waals surface area (Å²) in [7, 11) is 0. The van der Waals surface area contributed by atoms with Crippen molar-refractivity contribution < 1.29 is 14.5 Å². The summed E-state index contributed by atoms with van der Waals surface area (Å²) in [6.07, 6.45) is 0.135. The number of carbonyl (C=O) groups excluding carboxylic acids is 1. The Morgan fingerprint density at radius 3 is 2.43 bits per heavy atom. The van der Waals surface area contributed by atoms with Gasteiger partial charge in [-0.1, -0.05) is 0 Å². The van der Waals surface area contributed by atoms with Gasteiger partial charge in [0.15, 0.2) is 6.29 Å². The van der Waals surface area contributed by atoms with Gasteiger partial charge in [0.25, 0.3) is 5.69 Å². The molecule has 0 aliphatic carbocycles. The van der Waals surface area contributed by atoms with Crippen molar-refractivity contribution in [3.05, 3.63) is 39.9 Å². The highest BCUT2D eigenvalue weighted by Gasteiger charge is 2.39. The molecule has 2 rings (SSSR count). The third-order valence-electron chi connectivity index (χ3n) is 2.09. The normalized spacial score (nSPS) is 24.3. The third-order valence-corrected chi connectivity index (χ3v) is 2.09. The predicted molar refractivity (Wildman–Crippen MR) is 46.8 cm³/mol. The first-order valence-electron chi connectivity index (χ1n) is 4.07. The SMILES string of the molecule is O=C[C@@H]1O[C@@H]1c1ccc([N+](=O)[O-])cc1. The molecule has 1 aromatic rings. The minimum absolute atomic E-state index is 0.0389. The lowest BCUT2D eigenvalue weighted by atomic mass is 10.1. The monoisotopic (exact) mass is 193 g/mol. The molecule has 0 unspecified atom stereocenters. The molecule has 1 saturated heterocycles. The summed E-state index contributed by atoms with van der Waals surface area (Å²) in [5.41, 5.74) is 0.838. The Kier molecular flexibility index (Phi) is 2.01. The second kappa shape index (κ2) is 3.19. The Bertz CT molecular complexity index is 373. The van der Waals surface area contributed by atoms with Crippen molar-refractivity contribution in [3.8, 4) is 0 Å². The van der Waals surface area contributed by atoms with Gasteiger partial charge < -0.3 is 9.53 Å². The van der Waals surface area contributed by atoms with Crippen molar-refractivity contribution in [2.24, 2.45) is 0 Å². The minimum atomic E-state index is -0.464. The number of epoxide rings is 1. The molecule has 1 aliphatic heterocycles. The fourth-order valence-electron chi connectivity index (χ4n) is 1.28. The molecule has 0 N–H and O–H groups in total. The van der Waals surface area contributed by atoms with Crippen LogP contribution in [-0.2, 0) is 9.53 Å². The number of non-ortho nitro benzene ring substituents is 1. The fourth-order valence-corrected chi connectivity index (χ4v) is 1.28. The van der Waals surface area contributed by atoms with Gasteiger partial charge in [-0.05, 0) is 17.7 Å². The lowest BCUT2D eigenvalue weighted by Gasteiger charge is -1.94. The van der Waals surface area contributed by atoms with E-state index in [-0.39, 0.29) is 17.9 Å². The van der Waals surface area contributed by atoms with Crippen LogP contribution in [0.2, 0.25) is 0 Å². The van der Waals surface area contributed by atoms with Crippen molar-refractivity contribution >= 4 is 12.0 Å². The molecule has 72 valence electrons. The van der Waals surface area contributed by atoms with E-state index < -0.39 is 4.92 Å². The number of aldehydes is 1. The molecule has 5 nitrogen and oxygen atoms in total. The zero-order valence-electron chi connectivity index (χ0n) is 7.12. The molecule has 1 fully saturated rings. The van der Waals surface area contributed by atoms with Crippen molar-refractivity contribution in [2.45, 2.75) is 12.2 Å². The van der Waals surface area contributed by atoms with Gasteiger partial charge in [-0.25, -0.2) is 0 Å². The van der Waals surface area contributed by atoms with Crippen LogP contribution in [-0.4, -0.2) is 17.3 Å². The summed E-state index contributed by atoms with van der Waals surface area (Å²) in [5, 5.41) is 10.3. The Hall–Kier alpha value is -1.75. The molecule has 0 saturated carbocycles. The first-order chi connectivity index (χ1) is 6.72. The second-order valence-corrected chi connectivity index (χ2v) is 3.01. The number of hydrogen-bond acceptors (Lipinski definition) is 4. The standard InChI is InChI=1S/C9H7NO4/c11-5-8-9(14-8)6-1-3-7(4-2-6)10(12)13/h1-5,8-9H/t8-,9+/m0/s1. The van der Waals surface area contributed by atoms with Crippen LogP contribution in [0.3, 0.4) is 0 Å². The van der Waals surface area contributed by atoms with Gasteiger partial charge in [-0.3, -0.25) is 10.1 Å². The topological polar surface area (TPSA) is 72.7 Å². The van der Waals surface area contributed by atoms with Gasteiger partial charge in [0.1, 0.15) is 12.2 Å². The van der Waals surface area contributed by atoms with Crippen LogP contribution in [0.25, 0.3) is 0 Å². The van der Waals surface area contributed by atoms with E-state index in [1.807, 2.05) is 0 Å². The van der Waals surface area contributed by atoms with Crippen LogP contribution < -0.4 is 0 Å². The van der Waals surface area contributed by atoms with Gasteiger partial charge in [0, 0.05) is 12.1 Å². The summed E-state index contributed by atoms with van der Waals surface area (Å²) in [6, 6.07) is 6.01. The molecule has 14 heavy (non-hydrogen) atoms. The maximum atomic E-state index is 10.3. The van der Waals surface area contributed by atoms with E-state index in [1.165, 1.54) is 12.1 Å². The highest BCUT2D eigenvalue weighted by molar-refractivity contribution is 5.62. The fraction of sp³-hybridized carbons (Fsp3) is 0.222. The number of nitrogens with zero attached hydrogens (tertiary/aromatic N) is 1. The van der Waals surface area contributed by atoms with Crippen LogP contribution in [0.5, 0.6) is 0 Å². The van der Waals surface area contributed by atoms with E-state index in [9.17, 15) is 14.9 Å². The summed E-state index contributed by atoms with van der Waals surface area (Å²) < 4.78 is 5.01. The van der Waals surface area contributed by atoms with Crippen LogP contribution in [0.4, 0.5) is 5.69 Å². The zero-order valence-corrected chi connectivity index (χ0v) is 7.12. The van der Waals surface area contributed by atoms with E-state index in [2.05, 4.69) is 0 Å². The highest BCUT2D eigenvalue weighted by atomic mass is 16.6. The van der Waals surface area contributed by atoms with E-state index in [0.717, 1.165) is 11.8 Å². The number of rotatable bonds is 3. The van der Waals surface area contributed by atoms with Gasteiger partial charge in [-0.15, -0.1) is 0 Å². The smallest absolute Gasteiger partial charge is 0.269 e. The van der Waals surface area contributed by atoms with Gasteiger partial charge >= 0.3 is 0 Å². The lowest BCUT2D eigenvalue weighted by Crippen LogP contribution is -1.91. The van der Waals surface area contributed by atoms with E-state index in [1.54, 1.807) is 12.1 Å². The molecule has 1 aromatic carbocycles. The predicted octanol–water partition coefficient (Wildman–Crippen LogP) is 1.23. The quantitative estimate of drug-likeness (QED) is 0.313. The Balaban J connectivity index is 2.15. The molecular formula is C9H7NO4. The Morgan fingerprint density at radius 2 is 2.00 bits per heavy atom. The van der Waals surface area contributed by atoms with Crippen molar-refractivity contribution in [1.29, 1.82) is 0 Å². The Labute approximate surface area is 79.4 Å². The molecule has 1 heterocycles. The first-order valence-corrected chi connectivity index (χ1v) is 4.07. The number of nitro benzene ring substituents is 1. The van der Waals surface area contributed by atoms with Crippen LogP contribution >= 0.6 is 0 Å². The van der Waals surface area contributed by atoms with Crippen LogP contribution in [0, 0.1) is 10.1 Å². The molecule has 0 aromatic heterocycles. The van der Waals surface area contributed by atoms with Crippen molar-refractivity contribution in [3.63, 3.8) is 0 Å². The minimum Gasteiger partial charge on any atom is -0.357 e. The summed E-state index contributed by atoms with van der Waals surface area (Å²) >= 11 is 0. The third kappa shape index (κ3) is 1.49. The lowest BCUT2D eigenvalue weighted by molar-refractivity contribution is -0.384. The van der Waals surface area contributed by atoms with E-state index in [0.29, 0.717) is 0 Å². The molecule has 0 radical (unpaired) electrons. The highest BCUT2D eigenvalue weighted by Crippen LogP contribution is 2.37. The number of carbonyl (C=O) groups is 1. The Morgan fingerprint density at radius 1 is 1.36 bits per heavy atom. The molecule has 2 atom stereocenters. The summed E-state index contributed by atoms with van der Waals surface area (Å²) in [6.45, 7) is 0. The average molecular weight is 193 g/mol. The molecule has 0 amide bonds. The average Bonchev–Trinajstić information content (AvgIpc) is 2.97. The van der Waals surface area contributed by atoms with Gasteiger partial charge in [-0.2, -0.15) is 0 Å². The largest absolute Gasteiger partial charge is 0.357 e. The molecule has 0 spiro atoms. The van der Waals surface area contributed by atoms with E-state index in [4.69, 9.17) is 4.74 Å². The van der Waals surface area contributed by atoms with Crippen LogP contribution in [0.1, 0.15) is 11.7 Å². The molecular weight excluding hydrogens is 186 g/mol. The number of nitro groups is 1.